The van der Waals surface area contributed by atoms with Crippen LogP contribution < -0.4 is 10.5 Å². The van der Waals surface area contributed by atoms with Crippen molar-refractivity contribution in [2.45, 2.75) is 25.0 Å². The van der Waals surface area contributed by atoms with Gasteiger partial charge in [0, 0.05) is 12.1 Å². The topological polar surface area (TPSA) is 89.3 Å². The number of hydrogen-bond donors (Lipinski definition) is 2. The summed E-state index contributed by atoms with van der Waals surface area (Å²) in [5.74, 6) is 0.0131. The second-order valence-corrected chi connectivity index (χ2v) is 6.64. The lowest BCUT2D eigenvalue weighted by Crippen LogP contribution is -2.16. The molecule has 1 amide bonds. The van der Waals surface area contributed by atoms with Gasteiger partial charge in [0.15, 0.2) is 0 Å². The molecule has 0 aliphatic heterocycles. The lowest BCUT2D eigenvalue weighted by atomic mass is 10.0. The van der Waals surface area contributed by atoms with E-state index in [9.17, 15) is 13.2 Å². The highest BCUT2D eigenvalue weighted by Gasteiger charge is 2.14. The monoisotopic (exact) mass is 294 g/mol. The van der Waals surface area contributed by atoms with Gasteiger partial charge in [-0.1, -0.05) is 24.3 Å². The van der Waals surface area contributed by atoms with Crippen LogP contribution in [0.5, 0.6) is 0 Å². The number of primary sulfonamides is 1. The van der Waals surface area contributed by atoms with Crippen molar-refractivity contribution >= 4 is 21.6 Å². The van der Waals surface area contributed by atoms with Crippen molar-refractivity contribution in [2.24, 2.45) is 11.1 Å². The van der Waals surface area contributed by atoms with E-state index < -0.39 is 10.0 Å². The van der Waals surface area contributed by atoms with Crippen molar-refractivity contribution in [1.29, 1.82) is 0 Å². The van der Waals surface area contributed by atoms with Gasteiger partial charge >= 0.3 is 0 Å². The molecule has 2 rings (SSSR count). The maximum absolute atomic E-state index is 11.9. The molecule has 0 bridgehead atoms. The normalized spacial score (nSPS) is 18.1. The van der Waals surface area contributed by atoms with Gasteiger partial charge in [-0.15, -0.1) is 0 Å². The number of rotatable bonds is 5. The van der Waals surface area contributed by atoms with Crippen molar-refractivity contribution in [1.82, 2.24) is 0 Å². The number of nitrogens with one attached hydrogen (secondary N) is 1. The largest absolute Gasteiger partial charge is 0.326 e. The Morgan fingerprint density at radius 3 is 2.85 bits per heavy atom. The summed E-state index contributed by atoms with van der Waals surface area (Å²) < 4.78 is 22.1. The fourth-order valence-electron chi connectivity index (χ4n) is 2.29. The summed E-state index contributed by atoms with van der Waals surface area (Å²) in [6.45, 7) is 0. The Balaban J connectivity index is 1.96. The predicted octanol–water partition coefficient (Wildman–Crippen LogP) is 1.77. The van der Waals surface area contributed by atoms with E-state index in [1.54, 1.807) is 24.3 Å². The van der Waals surface area contributed by atoms with Gasteiger partial charge in [0.2, 0.25) is 15.9 Å². The van der Waals surface area contributed by atoms with Crippen LogP contribution in [0.1, 0.15) is 24.8 Å². The van der Waals surface area contributed by atoms with E-state index in [0.29, 0.717) is 23.6 Å². The van der Waals surface area contributed by atoms with E-state index in [1.807, 2.05) is 0 Å². The van der Waals surface area contributed by atoms with Gasteiger partial charge in [-0.25, -0.2) is 13.6 Å². The van der Waals surface area contributed by atoms with Gasteiger partial charge in [0.25, 0.3) is 0 Å². The van der Waals surface area contributed by atoms with E-state index >= 15 is 0 Å². The van der Waals surface area contributed by atoms with Gasteiger partial charge in [0.05, 0.1) is 5.75 Å². The predicted molar refractivity (Wildman–Crippen MR) is 78.4 cm³/mol. The molecule has 1 aromatic carbocycles. The minimum absolute atomic E-state index is 0.0608. The molecular formula is C14H18N2O3S. The Morgan fingerprint density at radius 2 is 2.20 bits per heavy atom. The van der Waals surface area contributed by atoms with Crippen LogP contribution in [-0.2, 0) is 20.6 Å². The lowest BCUT2D eigenvalue weighted by Gasteiger charge is -2.09. The fraction of sp³-hybridized carbons (Fsp3) is 0.357. The number of nitrogens with two attached hydrogens (primary N) is 1. The standard InChI is InChI=1S/C14H18N2O3S/c15-20(18,19)10-12-6-3-7-13(8-12)16-14(17)9-11-4-1-2-5-11/h1,3-4,6-8,11H,2,5,9-10H2,(H,16,17)(H2,15,18,19). The molecule has 0 heterocycles. The van der Waals surface area contributed by atoms with Gasteiger partial charge in [-0.05, 0) is 36.5 Å². The van der Waals surface area contributed by atoms with E-state index in [1.165, 1.54) is 0 Å². The van der Waals surface area contributed by atoms with Crippen LogP contribution in [0.15, 0.2) is 36.4 Å². The molecule has 0 fully saturated rings. The van der Waals surface area contributed by atoms with Crippen molar-refractivity contribution in [2.75, 3.05) is 5.32 Å². The number of allylic oxidation sites excluding steroid dienone is 2. The highest BCUT2D eigenvalue weighted by Crippen LogP contribution is 2.21. The average Bonchev–Trinajstić information content (AvgIpc) is 2.79. The molecule has 5 nitrogen and oxygen atoms in total. The molecule has 0 saturated heterocycles. The van der Waals surface area contributed by atoms with Crippen LogP contribution >= 0.6 is 0 Å². The Morgan fingerprint density at radius 1 is 1.40 bits per heavy atom. The SMILES string of the molecule is NS(=O)(=O)Cc1cccc(NC(=O)CC2C=CCC2)c1. The number of hydrogen-bond acceptors (Lipinski definition) is 3. The van der Waals surface area contributed by atoms with Crippen LogP contribution in [0.2, 0.25) is 0 Å². The quantitative estimate of drug-likeness (QED) is 0.811. The molecule has 1 unspecified atom stereocenters. The second-order valence-electron chi connectivity index (χ2n) is 5.03. The van der Waals surface area contributed by atoms with Crippen LogP contribution in [-0.4, -0.2) is 14.3 Å². The zero-order valence-electron chi connectivity index (χ0n) is 11.1. The number of carbonyl (C=O) groups excluding carboxylic acids is 1. The van der Waals surface area contributed by atoms with Gasteiger partial charge in [-0.2, -0.15) is 0 Å². The zero-order valence-corrected chi connectivity index (χ0v) is 11.9. The molecule has 1 aromatic rings. The lowest BCUT2D eigenvalue weighted by molar-refractivity contribution is -0.116. The summed E-state index contributed by atoms with van der Waals surface area (Å²) in [6, 6.07) is 6.73. The number of anilines is 1. The van der Waals surface area contributed by atoms with Crippen molar-refractivity contribution < 1.29 is 13.2 Å². The third kappa shape index (κ3) is 4.79. The highest BCUT2D eigenvalue weighted by molar-refractivity contribution is 7.88. The van der Waals surface area contributed by atoms with Crippen LogP contribution in [0, 0.1) is 5.92 Å². The van der Waals surface area contributed by atoms with Gasteiger partial charge in [-0.3, -0.25) is 4.79 Å². The number of amides is 1. The van der Waals surface area contributed by atoms with Gasteiger partial charge < -0.3 is 5.32 Å². The van der Waals surface area contributed by atoms with Crippen molar-refractivity contribution in [3.63, 3.8) is 0 Å². The first-order valence-corrected chi connectivity index (χ1v) is 8.20. The molecule has 20 heavy (non-hydrogen) atoms. The maximum atomic E-state index is 11.9. The number of carbonyl (C=O) groups is 1. The first-order chi connectivity index (χ1) is 9.42. The zero-order chi connectivity index (χ0) is 14.6. The van der Waals surface area contributed by atoms with Crippen LogP contribution in [0.25, 0.3) is 0 Å². The van der Waals surface area contributed by atoms with E-state index in [0.717, 1.165) is 12.8 Å². The summed E-state index contributed by atoms with van der Waals surface area (Å²) in [6.07, 6.45) is 6.65. The Labute approximate surface area is 118 Å². The van der Waals surface area contributed by atoms with E-state index in [2.05, 4.69) is 17.5 Å². The van der Waals surface area contributed by atoms with Crippen LogP contribution in [0.3, 0.4) is 0 Å². The average molecular weight is 294 g/mol. The first kappa shape index (κ1) is 14.7. The third-order valence-electron chi connectivity index (χ3n) is 3.14. The second kappa shape index (κ2) is 6.19. The van der Waals surface area contributed by atoms with E-state index in [4.69, 9.17) is 5.14 Å². The Kier molecular flexibility index (Phi) is 4.57. The number of sulfonamides is 1. The molecule has 108 valence electrons. The molecule has 6 heteroatoms. The summed E-state index contributed by atoms with van der Waals surface area (Å²) in [5, 5.41) is 7.79. The summed E-state index contributed by atoms with van der Waals surface area (Å²) in [4.78, 5) is 11.9. The molecule has 3 N–H and O–H groups in total. The molecular weight excluding hydrogens is 276 g/mol. The summed E-state index contributed by atoms with van der Waals surface area (Å²) in [7, 11) is -3.56. The minimum Gasteiger partial charge on any atom is -0.326 e. The van der Waals surface area contributed by atoms with Crippen molar-refractivity contribution in [3.8, 4) is 0 Å². The Bertz CT molecular complexity index is 623. The maximum Gasteiger partial charge on any atom is 0.224 e. The molecule has 0 aromatic heterocycles. The molecule has 1 aliphatic carbocycles. The highest BCUT2D eigenvalue weighted by atomic mass is 32.2. The smallest absolute Gasteiger partial charge is 0.224 e. The number of benzene rings is 1. The molecule has 0 saturated carbocycles. The summed E-state index contributed by atoms with van der Waals surface area (Å²) >= 11 is 0. The third-order valence-corrected chi connectivity index (χ3v) is 3.87. The minimum atomic E-state index is -3.56. The molecule has 0 spiro atoms. The molecule has 1 aliphatic rings. The van der Waals surface area contributed by atoms with Crippen LogP contribution in [0.4, 0.5) is 5.69 Å². The van der Waals surface area contributed by atoms with Gasteiger partial charge in [0.1, 0.15) is 0 Å². The Hall–Kier alpha value is -1.66. The summed E-state index contributed by atoms with van der Waals surface area (Å²) in [5.41, 5.74) is 1.16. The molecule has 0 radical (unpaired) electrons. The first-order valence-electron chi connectivity index (χ1n) is 6.48. The molecule has 1 atom stereocenters. The fourth-order valence-corrected chi connectivity index (χ4v) is 2.93. The van der Waals surface area contributed by atoms with Crippen molar-refractivity contribution in [3.05, 3.63) is 42.0 Å². The van der Waals surface area contributed by atoms with E-state index in [-0.39, 0.29) is 11.7 Å².